The summed E-state index contributed by atoms with van der Waals surface area (Å²) in [7, 11) is 0. The van der Waals surface area contributed by atoms with Crippen LogP contribution in [0.2, 0.25) is 0 Å². The maximum atomic E-state index is 14.6. The Morgan fingerprint density at radius 2 is 0.651 bits per heavy atom. The highest BCUT2D eigenvalue weighted by atomic mass is 19.4. The van der Waals surface area contributed by atoms with E-state index in [1.165, 1.54) is 72.8 Å². The van der Waals surface area contributed by atoms with Crippen LogP contribution in [0.5, 0.6) is 0 Å². The van der Waals surface area contributed by atoms with Crippen molar-refractivity contribution in [1.82, 2.24) is 16.0 Å². The second-order valence-corrected chi connectivity index (χ2v) is 20.0. The Morgan fingerprint density at radius 3 is 0.892 bits per heavy atom. The van der Waals surface area contributed by atoms with E-state index in [-0.39, 0.29) is 72.3 Å². The van der Waals surface area contributed by atoms with Gasteiger partial charge in [0.1, 0.15) is 18.1 Å². The average molecular weight is 1140 g/mol. The van der Waals surface area contributed by atoms with Crippen LogP contribution < -0.4 is 49.1 Å². The molecule has 3 atom stereocenters. The standard InChI is InChI=1S/C63H72F3N9O8/c64-63(65,66)61(82)83-62(46-25-31-49(32-26-46)70-58(79)52(22-10-13-37-67)73-55(76)40-43-16-4-1-5-17-43,47-27-33-50(34-28-47)71-59(80)53(23-11-14-38-68)74-56(77)41-44-18-6-2-7-19-44)48-29-35-51(36-30-48)72-60(81)54(24-12-15-39-69)75-57(78)42-45-20-8-3-9-21-45/h1-9,16-21,25-36,52-54H,10-15,22-24,37-42,67-69H2,(H,70,79)(H,71,80)(H,72,81)(H,73,76)(H,74,77)(H,75,78)/t52-,53-,54-/m1/s1. The number of carbonyl (C=O) groups is 7. The van der Waals surface area contributed by atoms with Crippen molar-refractivity contribution < 1.29 is 51.5 Å². The van der Waals surface area contributed by atoms with Crippen molar-refractivity contribution in [2.45, 2.75) is 107 Å². The lowest BCUT2D eigenvalue weighted by molar-refractivity contribution is -0.209. The first-order valence-electron chi connectivity index (χ1n) is 27.7. The molecule has 0 unspecified atom stereocenters. The Hall–Kier alpha value is -8.72. The number of nitrogens with two attached hydrogens (primary N) is 3. The number of anilines is 3. The third kappa shape index (κ3) is 19.8. The quantitative estimate of drug-likeness (QED) is 0.0117. The highest BCUT2D eigenvalue weighted by Crippen LogP contribution is 2.43. The maximum Gasteiger partial charge on any atom is 0.490 e. The number of nitrogens with one attached hydrogen (secondary N) is 6. The molecule has 6 rings (SSSR count). The summed E-state index contributed by atoms with van der Waals surface area (Å²) in [5.74, 6) is -5.47. The second-order valence-electron chi connectivity index (χ2n) is 20.0. The van der Waals surface area contributed by atoms with Gasteiger partial charge >= 0.3 is 12.1 Å². The Labute approximate surface area is 481 Å². The summed E-state index contributed by atoms with van der Waals surface area (Å²) in [6.07, 6.45) is -1.43. The van der Waals surface area contributed by atoms with Crippen molar-refractivity contribution in [3.63, 3.8) is 0 Å². The van der Waals surface area contributed by atoms with Gasteiger partial charge in [0.25, 0.3) is 0 Å². The molecule has 0 heterocycles. The number of hydrogen-bond acceptors (Lipinski definition) is 11. The van der Waals surface area contributed by atoms with Crippen molar-refractivity contribution in [2.24, 2.45) is 17.2 Å². The van der Waals surface area contributed by atoms with Crippen LogP contribution in [0.4, 0.5) is 30.2 Å². The van der Waals surface area contributed by atoms with Crippen LogP contribution in [0.1, 0.15) is 91.2 Å². The highest BCUT2D eigenvalue weighted by molar-refractivity contribution is 5.99. The summed E-state index contributed by atoms with van der Waals surface area (Å²) in [5, 5.41) is 16.8. The molecular formula is C63H72F3N9O8. The summed E-state index contributed by atoms with van der Waals surface area (Å²) < 4.78 is 49.5. The molecular weight excluding hydrogens is 1070 g/mol. The fourth-order valence-electron chi connectivity index (χ4n) is 9.29. The third-order valence-electron chi connectivity index (χ3n) is 13.6. The number of unbranched alkanes of at least 4 members (excludes halogenated alkanes) is 3. The van der Waals surface area contributed by atoms with E-state index in [1.54, 1.807) is 72.8 Å². The van der Waals surface area contributed by atoms with Crippen molar-refractivity contribution in [3.8, 4) is 0 Å². The lowest BCUT2D eigenvalue weighted by Crippen LogP contribution is -2.44. The van der Waals surface area contributed by atoms with Gasteiger partial charge < -0.3 is 53.8 Å². The Bertz CT molecular complexity index is 2740. The molecule has 0 aromatic heterocycles. The average Bonchev–Trinajstić information content (AvgIpc) is 3.61. The molecule has 0 aliphatic heterocycles. The number of esters is 1. The number of carbonyl (C=O) groups excluding carboxylic acids is 7. The van der Waals surface area contributed by atoms with Gasteiger partial charge in [0.15, 0.2) is 5.60 Å². The topological polar surface area (TPSA) is 279 Å². The number of hydrogen-bond donors (Lipinski definition) is 9. The molecule has 6 aromatic carbocycles. The normalized spacial score (nSPS) is 12.4. The number of halogens is 3. The Kier molecular flexibility index (Phi) is 24.5. The minimum absolute atomic E-state index is 0.0158. The molecule has 0 aliphatic rings. The van der Waals surface area contributed by atoms with Gasteiger partial charge in [-0.15, -0.1) is 0 Å². The summed E-state index contributed by atoms with van der Waals surface area (Å²) in [5.41, 5.74) is 17.5. The van der Waals surface area contributed by atoms with Gasteiger partial charge in [0.2, 0.25) is 35.4 Å². The van der Waals surface area contributed by atoms with Gasteiger partial charge in [-0.3, -0.25) is 28.8 Å². The van der Waals surface area contributed by atoms with E-state index in [9.17, 15) is 46.7 Å². The first-order chi connectivity index (χ1) is 40.0. The highest BCUT2D eigenvalue weighted by Gasteiger charge is 2.49. The van der Waals surface area contributed by atoms with Crippen LogP contribution in [0.25, 0.3) is 0 Å². The monoisotopic (exact) mass is 1140 g/mol. The zero-order valence-electron chi connectivity index (χ0n) is 46.1. The molecule has 438 valence electrons. The van der Waals surface area contributed by atoms with E-state index < -0.39 is 71.3 Å². The number of benzene rings is 6. The molecule has 0 bridgehead atoms. The molecule has 0 radical (unpaired) electrons. The van der Waals surface area contributed by atoms with Gasteiger partial charge in [-0.2, -0.15) is 13.2 Å². The molecule has 0 fully saturated rings. The predicted molar refractivity (Wildman–Crippen MR) is 312 cm³/mol. The number of alkyl halides is 3. The summed E-state index contributed by atoms with van der Waals surface area (Å²) in [6, 6.07) is 40.6. The minimum Gasteiger partial charge on any atom is -0.438 e. The van der Waals surface area contributed by atoms with Crippen LogP contribution in [0, 0.1) is 0 Å². The largest absolute Gasteiger partial charge is 0.490 e. The van der Waals surface area contributed by atoms with Crippen LogP contribution in [0.15, 0.2) is 164 Å². The van der Waals surface area contributed by atoms with Crippen LogP contribution >= 0.6 is 0 Å². The molecule has 6 amide bonds. The van der Waals surface area contributed by atoms with E-state index >= 15 is 0 Å². The molecule has 17 nitrogen and oxygen atoms in total. The zero-order valence-corrected chi connectivity index (χ0v) is 46.1. The van der Waals surface area contributed by atoms with Gasteiger partial charge in [-0.05, 0) is 131 Å². The van der Waals surface area contributed by atoms with Crippen molar-refractivity contribution in [2.75, 3.05) is 35.6 Å². The molecule has 83 heavy (non-hydrogen) atoms. The lowest BCUT2D eigenvalue weighted by atomic mass is 9.79. The van der Waals surface area contributed by atoms with Crippen LogP contribution in [-0.4, -0.2) is 85.3 Å². The third-order valence-corrected chi connectivity index (χ3v) is 13.6. The van der Waals surface area contributed by atoms with E-state index in [2.05, 4.69) is 31.9 Å². The molecule has 12 N–H and O–H groups in total. The zero-order chi connectivity index (χ0) is 59.6. The molecule has 6 aromatic rings. The number of rotatable bonds is 31. The van der Waals surface area contributed by atoms with E-state index in [1.807, 2.05) is 18.2 Å². The molecule has 0 spiro atoms. The molecule has 0 saturated carbocycles. The van der Waals surface area contributed by atoms with Crippen LogP contribution in [0.3, 0.4) is 0 Å². The van der Waals surface area contributed by atoms with Crippen molar-refractivity contribution >= 4 is 58.5 Å². The maximum absolute atomic E-state index is 14.6. The Balaban J connectivity index is 1.35. The fraction of sp³-hybridized carbons (Fsp3) is 0.317. The van der Waals surface area contributed by atoms with E-state index in [4.69, 9.17) is 21.9 Å². The van der Waals surface area contributed by atoms with Crippen molar-refractivity contribution in [3.05, 3.63) is 197 Å². The molecule has 0 aliphatic carbocycles. The fourth-order valence-corrected chi connectivity index (χ4v) is 9.29. The van der Waals surface area contributed by atoms with Crippen LogP contribution in [-0.2, 0) is 63.2 Å². The van der Waals surface area contributed by atoms with E-state index in [0.717, 1.165) is 16.7 Å². The van der Waals surface area contributed by atoms with E-state index in [0.29, 0.717) is 58.2 Å². The minimum atomic E-state index is -5.52. The lowest BCUT2D eigenvalue weighted by Gasteiger charge is -2.36. The first kappa shape index (κ1) is 63.5. The summed E-state index contributed by atoms with van der Waals surface area (Å²) in [4.78, 5) is 94.6. The molecule has 20 heteroatoms. The SMILES string of the molecule is NCCCC[C@@H](NC(=O)Cc1ccccc1)C(=O)Nc1ccc(C(OC(=O)C(F)(F)F)(c2ccc(NC(=O)[C@@H](CCCCN)NC(=O)Cc3ccccc3)cc2)c2ccc(NC(=O)[C@@H](CCCCN)NC(=O)Cc3ccccc3)cc2)cc1. The number of ether oxygens (including phenoxy) is 1. The predicted octanol–water partition coefficient (Wildman–Crippen LogP) is 7.47. The summed E-state index contributed by atoms with van der Waals surface area (Å²) in [6.45, 7) is 1.08. The van der Waals surface area contributed by atoms with Crippen molar-refractivity contribution in [1.29, 1.82) is 0 Å². The Morgan fingerprint density at radius 1 is 0.386 bits per heavy atom. The smallest absolute Gasteiger partial charge is 0.438 e. The first-order valence-corrected chi connectivity index (χ1v) is 27.7. The van der Waals surface area contributed by atoms with Gasteiger partial charge in [0, 0.05) is 33.8 Å². The molecule has 0 saturated heterocycles. The van der Waals surface area contributed by atoms with Gasteiger partial charge in [0.05, 0.1) is 19.3 Å². The summed E-state index contributed by atoms with van der Waals surface area (Å²) >= 11 is 0. The second kappa shape index (κ2) is 32.1. The van der Waals surface area contributed by atoms with Gasteiger partial charge in [-0.1, -0.05) is 127 Å². The number of amides is 6. The van der Waals surface area contributed by atoms with Gasteiger partial charge in [-0.25, -0.2) is 4.79 Å².